The highest BCUT2D eigenvalue weighted by Crippen LogP contribution is 2.33. The van der Waals surface area contributed by atoms with Gasteiger partial charge in [-0.25, -0.2) is 12.8 Å². The lowest BCUT2D eigenvalue weighted by molar-refractivity contribution is 0.360. The van der Waals surface area contributed by atoms with E-state index in [1.807, 2.05) is 13.8 Å². The molecule has 0 amide bonds. The zero-order valence-corrected chi connectivity index (χ0v) is 13.6. The fraction of sp³-hybridized carbons (Fsp3) is 0.600. The molecule has 0 bridgehead atoms. The van der Waals surface area contributed by atoms with E-state index in [4.69, 9.17) is 0 Å². The summed E-state index contributed by atoms with van der Waals surface area (Å²) in [6.45, 7) is 4.82. The van der Waals surface area contributed by atoms with Gasteiger partial charge >= 0.3 is 0 Å². The monoisotopic (exact) mass is 314 g/mol. The summed E-state index contributed by atoms with van der Waals surface area (Å²) in [6.07, 6.45) is 1.83. The molecule has 0 aliphatic heterocycles. The first-order valence-electron chi connectivity index (χ1n) is 7.31. The molecule has 1 fully saturated rings. The van der Waals surface area contributed by atoms with Crippen LogP contribution in [0.15, 0.2) is 23.1 Å². The minimum absolute atomic E-state index is 0.107. The summed E-state index contributed by atoms with van der Waals surface area (Å²) in [4.78, 5) is 0.182. The Morgan fingerprint density at radius 2 is 2.05 bits per heavy atom. The predicted molar refractivity (Wildman–Crippen MR) is 80.9 cm³/mol. The van der Waals surface area contributed by atoms with Gasteiger partial charge in [0, 0.05) is 24.7 Å². The summed E-state index contributed by atoms with van der Waals surface area (Å²) in [5.41, 5.74) is 0.374. The molecule has 0 saturated heterocycles. The molecular weight excluding hydrogens is 291 g/mol. The molecule has 0 aromatic heterocycles. The van der Waals surface area contributed by atoms with Gasteiger partial charge in [0.1, 0.15) is 5.82 Å². The van der Waals surface area contributed by atoms with Crippen molar-refractivity contribution in [2.45, 2.75) is 44.2 Å². The molecule has 2 rings (SSSR count). The number of hydrogen-bond donors (Lipinski definition) is 1. The average Bonchev–Trinajstić information content (AvgIpc) is 3.22. The lowest BCUT2D eigenvalue weighted by Crippen LogP contribution is -2.36. The molecule has 1 saturated carbocycles. The summed E-state index contributed by atoms with van der Waals surface area (Å²) >= 11 is 0. The Labute approximate surface area is 126 Å². The molecule has 118 valence electrons. The first-order chi connectivity index (χ1) is 9.86. The van der Waals surface area contributed by atoms with Crippen LogP contribution in [-0.4, -0.2) is 32.4 Å². The fourth-order valence-electron chi connectivity index (χ4n) is 2.34. The van der Waals surface area contributed by atoms with Gasteiger partial charge in [-0.1, -0.05) is 13.8 Å². The van der Waals surface area contributed by atoms with E-state index in [-0.39, 0.29) is 22.7 Å². The lowest BCUT2D eigenvalue weighted by Gasteiger charge is -2.24. The van der Waals surface area contributed by atoms with Gasteiger partial charge in [0.15, 0.2) is 0 Å². The van der Waals surface area contributed by atoms with Crippen molar-refractivity contribution < 1.29 is 12.8 Å². The van der Waals surface area contributed by atoms with Crippen LogP contribution in [0.4, 0.5) is 4.39 Å². The summed E-state index contributed by atoms with van der Waals surface area (Å²) in [5.74, 6) is -0.122. The molecule has 1 aliphatic rings. The quantitative estimate of drug-likeness (QED) is 0.840. The Morgan fingerprint density at radius 3 is 2.57 bits per heavy atom. The van der Waals surface area contributed by atoms with Crippen LogP contribution in [0.1, 0.15) is 32.3 Å². The van der Waals surface area contributed by atoms with Crippen molar-refractivity contribution in [2.24, 2.45) is 5.92 Å². The van der Waals surface area contributed by atoms with Gasteiger partial charge in [0.05, 0.1) is 4.90 Å². The molecule has 6 heteroatoms. The maximum Gasteiger partial charge on any atom is 0.243 e. The normalized spacial score (nSPS) is 15.9. The number of rotatable bonds is 7. The second-order valence-corrected chi connectivity index (χ2v) is 7.87. The molecule has 1 aromatic carbocycles. The highest BCUT2D eigenvalue weighted by atomic mass is 32.2. The summed E-state index contributed by atoms with van der Waals surface area (Å²) in [6, 6.07) is 4.14. The molecule has 0 radical (unpaired) electrons. The van der Waals surface area contributed by atoms with Crippen LogP contribution in [-0.2, 0) is 16.6 Å². The van der Waals surface area contributed by atoms with E-state index in [0.717, 1.165) is 12.8 Å². The molecule has 1 aromatic rings. The lowest BCUT2D eigenvalue weighted by atomic mass is 10.2. The van der Waals surface area contributed by atoms with Gasteiger partial charge in [-0.15, -0.1) is 0 Å². The highest BCUT2D eigenvalue weighted by molar-refractivity contribution is 7.89. The van der Waals surface area contributed by atoms with Crippen LogP contribution in [0.5, 0.6) is 0 Å². The minimum Gasteiger partial charge on any atom is -0.316 e. The van der Waals surface area contributed by atoms with Crippen molar-refractivity contribution in [3.8, 4) is 0 Å². The summed E-state index contributed by atoms with van der Waals surface area (Å²) in [7, 11) is -1.85. The maximum absolute atomic E-state index is 13.7. The predicted octanol–water partition coefficient (Wildman–Crippen LogP) is 2.35. The van der Waals surface area contributed by atoms with Crippen molar-refractivity contribution in [1.82, 2.24) is 9.62 Å². The number of sulfonamides is 1. The average molecular weight is 314 g/mol. The van der Waals surface area contributed by atoms with Gasteiger partial charge in [0.2, 0.25) is 10.0 Å². The van der Waals surface area contributed by atoms with E-state index < -0.39 is 10.0 Å². The molecule has 0 atom stereocenters. The van der Waals surface area contributed by atoms with E-state index in [9.17, 15) is 12.8 Å². The van der Waals surface area contributed by atoms with Crippen molar-refractivity contribution in [3.05, 3.63) is 29.6 Å². The van der Waals surface area contributed by atoms with E-state index in [2.05, 4.69) is 5.32 Å². The molecule has 1 aliphatic carbocycles. The fourth-order valence-corrected chi connectivity index (χ4v) is 4.24. The number of nitrogens with one attached hydrogen (secondary N) is 1. The second kappa shape index (κ2) is 6.42. The Morgan fingerprint density at radius 1 is 1.38 bits per heavy atom. The van der Waals surface area contributed by atoms with Crippen LogP contribution < -0.4 is 5.32 Å². The van der Waals surface area contributed by atoms with Crippen LogP contribution in [0.25, 0.3) is 0 Å². The summed E-state index contributed by atoms with van der Waals surface area (Å²) < 4.78 is 40.9. The largest absolute Gasteiger partial charge is 0.316 e. The topological polar surface area (TPSA) is 49.4 Å². The van der Waals surface area contributed by atoms with Gasteiger partial charge in [-0.05, 0) is 44.0 Å². The van der Waals surface area contributed by atoms with Crippen molar-refractivity contribution in [1.29, 1.82) is 0 Å². The highest BCUT2D eigenvalue weighted by Gasteiger charge is 2.38. The maximum atomic E-state index is 13.7. The van der Waals surface area contributed by atoms with Gasteiger partial charge in [0.25, 0.3) is 0 Å². The van der Waals surface area contributed by atoms with Crippen molar-refractivity contribution in [2.75, 3.05) is 13.6 Å². The number of hydrogen-bond acceptors (Lipinski definition) is 3. The van der Waals surface area contributed by atoms with E-state index in [0.29, 0.717) is 18.7 Å². The smallest absolute Gasteiger partial charge is 0.243 e. The minimum atomic E-state index is -3.55. The molecule has 0 spiro atoms. The summed E-state index contributed by atoms with van der Waals surface area (Å²) in [5, 5.41) is 2.85. The first-order valence-corrected chi connectivity index (χ1v) is 8.75. The van der Waals surface area contributed by atoms with E-state index in [1.54, 1.807) is 11.4 Å². The van der Waals surface area contributed by atoms with Crippen molar-refractivity contribution in [3.63, 3.8) is 0 Å². The molecule has 0 unspecified atom stereocenters. The first kappa shape index (κ1) is 16.4. The number of nitrogens with zero attached hydrogens (tertiary/aromatic N) is 1. The second-order valence-electron chi connectivity index (χ2n) is 5.98. The zero-order chi connectivity index (χ0) is 15.6. The van der Waals surface area contributed by atoms with Gasteiger partial charge < -0.3 is 5.32 Å². The Balaban J connectivity index is 2.35. The Bertz CT molecular complexity index is 598. The molecule has 1 N–H and O–H groups in total. The number of benzene rings is 1. The van der Waals surface area contributed by atoms with Crippen LogP contribution >= 0.6 is 0 Å². The molecular formula is C15H23FN2O2S. The third-order valence-electron chi connectivity index (χ3n) is 3.49. The van der Waals surface area contributed by atoms with E-state index >= 15 is 0 Å². The molecule has 4 nitrogen and oxygen atoms in total. The Kier molecular flexibility index (Phi) is 5.01. The van der Waals surface area contributed by atoms with Crippen LogP contribution in [0.2, 0.25) is 0 Å². The SMILES string of the molecule is CNCc1cc(S(=O)(=O)N(CC(C)C)C2CC2)ccc1F. The van der Waals surface area contributed by atoms with Crippen LogP contribution in [0, 0.1) is 11.7 Å². The zero-order valence-electron chi connectivity index (χ0n) is 12.8. The molecule has 21 heavy (non-hydrogen) atoms. The number of halogens is 1. The third kappa shape index (κ3) is 3.81. The van der Waals surface area contributed by atoms with Crippen molar-refractivity contribution >= 4 is 10.0 Å². The standard InChI is InChI=1S/C15H23FN2O2S/c1-11(2)10-18(13-4-5-13)21(19,20)14-6-7-15(16)12(8-14)9-17-3/h6-8,11,13,17H,4-5,9-10H2,1-3H3. The van der Waals surface area contributed by atoms with E-state index in [1.165, 1.54) is 18.2 Å². The van der Waals surface area contributed by atoms with Gasteiger partial charge in [-0.2, -0.15) is 4.31 Å². The van der Waals surface area contributed by atoms with Gasteiger partial charge in [-0.3, -0.25) is 0 Å². The third-order valence-corrected chi connectivity index (χ3v) is 5.40. The van der Waals surface area contributed by atoms with Crippen LogP contribution in [0.3, 0.4) is 0 Å². The Hall–Kier alpha value is -0.980. The molecule has 0 heterocycles.